The molecule has 1 saturated heterocycles. The fourth-order valence-electron chi connectivity index (χ4n) is 2.94. The van der Waals surface area contributed by atoms with E-state index < -0.39 is 0 Å². The van der Waals surface area contributed by atoms with Crippen LogP contribution in [0.15, 0.2) is 42.5 Å². The number of hydrogen-bond acceptors (Lipinski definition) is 5. The highest BCUT2D eigenvalue weighted by atomic mass is 32.2. The van der Waals surface area contributed by atoms with Crippen molar-refractivity contribution in [2.75, 3.05) is 38.9 Å². The van der Waals surface area contributed by atoms with Gasteiger partial charge in [-0.05, 0) is 18.2 Å². The van der Waals surface area contributed by atoms with E-state index >= 15 is 0 Å². The zero-order valence-electron chi connectivity index (χ0n) is 15.0. The number of amides is 2. The van der Waals surface area contributed by atoms with Gasteiger partial charge in [0.1, 0.15) is 11.1 Å². The van der Waals surface area contributed by atoms with Crippen molar-refractivity contribution in [1.29, 1.82) is 0 Å². The highest BCUT2D eigenvalue weighted by molar-refractivity contribution is 7.99. The smallest absolute Gasteiger partial charge is 0.323 e. The molecule has 26 heavy (non-hydrogen) atoms. The van der Waals surface area contributed by atoms with Crippen LogP contribution in [-0.2, 0) is 0 Å². The summed E-state index contributed by atoms with van der Waals surface area (Å²) in [5.74, 6) is 2.88. The summed E-state index contributed by atoms with van der Waals surface area (Å²) in [6.07, 6.45) is 0. The van der Waals surface area contributed by atoms with Crippen LogP contribution in [0.2, 0.25) is 0 Å². The van der Waals surface area contributed by atoms with E-state index in [1.54, 1.807) is 44.1 Å². The van der Waals surface area contributed by atoms with Gasteiger partial charge in [-0.1, -0.05) is 18.2 Å². The SMILES string of the molecule is COc1cccc(NC(=O)N2CCS[C@@H]2c2cccc(OC)c2OC)c1. The van der Waals surface area contributed by atoms with E-state index in [2.05, 4.69) is 5.32 Å². The van der Waals surface area contributed by atoms with Crippen molar-refractivity contribution in [3.8, 4) is 17.2 Å². The first-order valence-corrected chi connectivity index (χ1v) is 9.27. The minimum Gasteiger partial charge on any atom is -0.497 e. The fraction of sp³-hybridized carbons (Fsp3) is 0.316. The Hall–Kier alpha value is -2.54. The maximum atomic E-state index is 12.8. The Morgan fingerprint density at radius 2 is 1.92 bits per heavy atom. The van der Waals surface area contributed by atoms with Gasteiger partial charge in [0, 0.05) is 29.6 Å². The molecule has 1 N–H and O–H groups in total. The standard InChI is InChI=1S/C19H22N2O4S/c1-23-14-7-4-6-13(12-14)20-19(22)21-10-11-26-18(21)15-8-5-9-16(24-2)17(15)25-3/h4-9,12,18H,10-11H2,1-3H3,(H,20,22)/t18-/m1/s1. The third-order valence-corrected chi connectivity index (χ3v) is 5.41. The maximum Gasteiger partial charge on any atom is 0.323 e. The maximum absolute atomic E-state index is 12.8. The number of benzene rings is 2. The number of para-hydroxylation sites is 1. The second-order valence-electron chi connectivity index (χ2n) is 5.66. The van der Waals surface area contributed by atoms with E-state index in [0.717, 1.165) is 11.3 Å². The van der Waals surface area contributed by atoms with E-state index in [-0.39, 0.29) is 11.4 Å². The van der Waals surface area contributed by atoms with Crippen molar-refractivity contribution in [2.24, 2.45) is 0 Å². The lowest BCUT2D eigenvalue weighted by molar-refractivity contribution is 0.213. The molecule has 7 heteroatoms. The molecule has 1 heterocycles. The molecule has 2 amide bonds. The first-order valence-electron chi connectivity index (χ1n) is 8.22. The van der Waals surface area contributed by atoms with Gasteiger partial charge in [-0.3, -0.25) is 0 Å². The molecule has 0 saturated carbocycles. The predicted octanol–water partition coefficient (Wildman–Crippen LogP) is 3.99. The number of carbonyl (C=O) groups excluding carboxylic acids is 1. The van der Waals surface area contributed by atoms with Gasteiger partial charge in [0.15, 0.2) is 11.5 Å². The van der Waals surface area contributed by atoms with Crippen molar-refractivity contribution in [2.45, 2.75) is 5.37 Å². The van der Waals surface area contributed by atoms with Gasteiger partial charge in [-0.15, -0.1) is 11.8 Å². The van der Waals surface area contributed by atoms with Crippen molar-refractivity contribution in [3.63, 3.8) is 0 Å². The summed E-state index contributed by atoms with van der Waals surface area (Å²) in [6.45, 7) is 0.658. The fourth-order valence-corrected chi connectivity index (χ4v) is 4.21. The van der Waals surface area contributed by atoms with E-state index in [0.29, 0.717) is 29.5 Å². The molecule has 3 rings (SSSR count). The first-order chi connectivity index (χ1) is 12.7. The number of nitrogens with one attached hydrogen (secondary N) is 1. The third kappa shape index (κ3) is 3.67. The third-order valence-electron chi connectivity index (χ3n) is 4.17. The molecule has 0 unspecified atom stereocenters. The number of hydrogen-bond donors (Lipinski definition) is 1. The topological polar surface area (TPSA) is 60.0 Å². The number of rotatable bonds is 5. The summed E-state index contributed by atoms with van der Waals surface area (Å²) >= 11 is 1.70. The molecule has 2 aromatic rings. The predicted molar refractivity (Wildman–Crippen MR) is 103 cm³/mol. The van der Waals surface area contributed by atoms with Crippen LogP contribution in [0, 0.1) is 0 Å². The minimum absolute atomic E-state index is 0.134. The molecule has 6 nitrogen and oxygen atoms in total. The van der Waals surface area contributed by atoms with Gasteiger partial charge >= 0.3 is 6.03 Å². The monoisotopic (exact) mass is 374 g/mol. The molecule has 0 aromatic heterocycles. The molecule has 0 bridgehead atoms. The largest absolute Gasteiger partial charge is 0.497 e. The molecule has 2 aromatic carbocycles. The van der Waals surface area contributed by atoms with Gasteiger partial charge in [-0.2, -0.15) is 0 Å². The Morgan fingerprint density at radius 3 is 2.65 bits per heavy atom. The minimum atomic E-state index is -0.155. The van der Waals surface area contributed by atoms with E-state index in [1.807, 2.05) is 36.4 Å². The molecule has 0 radical (unpaired) electrons. The Kier molecular flexibility index (Phi) is 5.78. The van der Waals surface area contributed by atoms with Gasteiger partial charge < -0.3 is 24.4 Å². The molecule has 1 atom stereocenters. The number of urea groups is 1. The van der Waals surface area contributed by atoms with Crippen molar-refractivity contribution in [3.05, 3.63) is 48.0 Å². The second kappa shape index (κ2) is 8.23. The van der Waals surface area contributed by atoms with Crippen molar-refractivity contribution >= 4 is 23.5 Å². The molecule has 1 fully saturated rings. The number of nitrogens with zero attached hydrogens (tertiary/aromatic N) is 1. The van der Waals surface area contributed by atoms with Crippen LogP contribution in [0.25, 0.3) is 0 Å². The quantitative estimate of drug-likeness (QED) is 0.857. The summed E-state index contributed by atoms with van der Waals surface area (Å²) in [5.41, 5.74) is 1.62. The van der Waals surface area contributed by atoms with Gasteiger partial charge in [-0.25, -0.2) is 4.79 Å². The number of anilines is 1. The van der Waals surface area contributed by atoms with Crippen LogP contribution in [-0.4, -0.2) is 44.6 Å². The number of ether oxygens (including phenoxy) is 3. The summed E-state index contributed by atoms with van der Waals surface area (Å²) in [4.78, 5) is 14.6. The van der Waals surface area contributed by atoms with Crippen LogP contribution in [0.1, 0.15) is 10.9 Å². The van der Waals surface area contributed by atoms with Crippen LogP contribution >= 0.6 is 11.8 Å². The lowest BCUT2D eigenvalue weighted by atomic mass is 10.1. The van der Waals surface area contributed by atoms with E-state index in [9.17, 15) is 4.79 Å². The van der Waals surface area contributed by atoms with E-state index in [1.165, 1.54) is 0 Å². The van der Waals surface area contributed by atoms with Crippen LogP contribution in [0.4, 0.5) is 10.5 Å². The average molecular weight is 374 g/mol. The Bertz CT molecular complexity index is 784. The number of thioether (sulfide) groups is 1. The van der Waals surface area contributed by atoms with Gasteiger partial charge in [0.05, 0.1) is 21.3 Å². The molecular formula is C19H22N2O4S. The first kappa shape index (κ1) is 18.3. The summed E-state index contributed by atoms with van der Waals surface area (Å²) in [6, 6.07) is 12.9. The highest BCUT2D eigenvalue weighted by Gasteiger charge is 2.33. The molecule has 0 spiro atoms. The molecule has 1 aliphatic heterocycles. The Balaban J connectivity index is 1.83. The Morgan fingerprint density at radius 1 is 1.12 bits per heavy atom. The summed E-state index contributed by atoms with van der Waals surface area (Å²) < 4.78 is 16.1. The lowest BCUT2D eigenvalue weighted by Crippen LogP contribution is -2.34. The lowest BCUT2D eigenvalue weighted by Gasteiger charge is -2.26. The van der Waals surface area contributed by atoms with Crippen molar-refractivity contribution < 1.29 is 19.0 Å². The zero-order chi connectivity index (χ0) is 18.5. The second-order valence-corrected chi connectivity index (χ2v) is 6.85. The number of carbonyl (C=O) groups is 1. The normalized spacial score (nSPS) is 16.3. The highest BCUT2D eigenvalue weighted by Crippen LogP contribution is 2.45. The van der Waals surface area contributed by atoms with Crippen LogP contribution in [0.3, 0.4) is 0 Å². The zero-order valence-corrected chi connectivity index (χ0v) is 15.8. The number of methoxy groups -OCH3 is 3. The molecule has 0 aliphatic carbocycles. The van der Waals surface area contributed by atoms with Crippen LogP contribution < -0.4 is 19.5 Å². The average Bonchev–Trinajstić information content (AvgIpc) is 3.17. The van der Waals surface area contributed by atoms with E-state index in [4.69, 9.17) is 14.2 Å². The van der Waals surface area contributed by atoms with Crippen molar-refractivity contribution in [1.82, 2.24) is 4.90 Å². The van der Waals surface area contributed by atoms with Crippen LogP contribution in [0.5, 0.6) is 17.2 Å². The summed E-state index contributed by atoms with van der Waals surface area (Å²) in [5, 5.41) is 2.81. The molecule has 1 aliphatic rings. The summed E-state index contributed by atoms with van der Waals surface area (Å²) in [7, 11) is 4.82. The molecule has 138 valence electrons. The molecular weight excluding hydrogens is 352 g/mol. The van der Waals surface area contributed by atoms with Gasteiger partial charge in [0.25, 0.3) is 0 Å². The Labute approximate surface area is 157 Å². The van der Waals surface area contributed by atoms with Gasteiger partial charge in [0.2, 0.25) is 0 Å².